The summed E-state index contributed by atoms with van der Waals surface area (Å²) >= 11 is 14.8. The zero-order chi connectivity index (χ0) is 20.1. The van der Waals surface area contributed by atoms with E-state index in [4.69, 9.17) is 27.9 Å². The fraction of sp³-hybridized carbons (Fsp3) is 0.167. The molecule has 0 aliphatic rings. The highest BCUT2D eigenvalue weighted by atomic mass is 35.5. The van der Waals surface area contributed by atoms with E-state index in [1.54, 1.807) is 32.2 Å². The van der Waals surface area contributed by atoms with E-state index in [0.717, 1.165) is 5.69 Å². The molecule has 28 heavy (non-hydrogen) atoms. The Morgan fingerprint density at radius 2 is 1.86 bits per heavy atom. The first kappa shape index (κ1) is 20.7. The van der Waals surface area contributed by atoms with Crippen LogP contribution in [-0.4, -0.2) is 28.5 Å². The SMILES string of the molecule is COc1ccccc1Nc1nnc(SC(C)C(=O)Nc2c(Cl)cccc2Cl)s1. The van der Waals surface area contributed by atoms with Gasteiger partial charge in [-0.3, -0.25) is 4.79 Å². The maximum Gasteiger partial charge on any atom is 0.237 e. The van der Waals surface area contributed by atoms with Crippen LogP contribution in [0, 0.1) is 0 Å². The Balaban J connectivity index is 1.63. The number of amides is 1. The minimum atomic E-state index is -0.417. The summed E-state index contributed by atoms with van der Waals surface area (Å²) in [4.78, 5) is 12.5. The minimum Gasteiger partial charge on any atom is -0.495 e. The average Bonchev–Trinajstić information content (AvgIpc) is 3.12. The van der Waals surface area contributed by atoms with Crippen LogP contribution in [0.4, 0.5) is 16.5 Å². The Morgan fingerprint density at radius 3 is 2.57 bits per heavy atom. The molecule has 1 heterocycles. The summed E-state index contributed by atoms with van der Waals surface area (Å²) in [5, 5.41) is 15.1. The summed E-state index contributed by atoms with van der Waals surface area (Å²) in [7, 11) is 1.60. The van der Waals surface area contributed by atoms with Crippen LogP contribution in [0.3, 0.4) is 0 Å². The molecule has 3 rings (SSSR count). The van der Waals surface area contributed by atoms with E-state index < -0.39 is 5.25 Å². The van der Waals surface area contributed by atoms with Crippen LogP contribution in [-0.2, 0) is 4.79 Å². The normalized spacial score (nSPS) is 11.7. The molecule has 0 spiro atoms. The predicted octanol–water partition coefficient (Wildman–Crippen LogP) is 5.72. The third kappa shape index (κ3) is 5.08. The lowest BCUT2D eigenvalue weighted by molar-refractivity contribution is -0.115. The number of nitrogens with one attached hydrogen (secondary N) is 2. The van der Waals surface area contributed by atoms with Gasteiger partial charge in [-0.1, -0.05) is 64.5 Å². The van der Waals surface area contributed by atoms with Gasteiger partial charge in [0.25, 0.3) is 0 Å². The zero-order valence-electron chi connectivity index (χ0n) is 14.9. The Labute approximate surface area is 180 Å². The van der Waals surface area contributed by atoms with Crippen molar-refractivity contribution in [3.8, 4) is 5.75 Å². The molecule has 0 radical (unpaired) electrons. The largest absolute Gasteiger partial charge is 0.495 e. The number of hydrogen-bond acceptors (Lipinski definition) is 7. The zero-order valence-corrected chi connectivity index (χ0v) is 18.0. The molecule has 1 unspecified atom stereocenters. The lowest BCUT2D eigenvalue weighted by atomic mass is 10.3. The second-order valence-electron chi connectivity index (χ2n) is 5.54. The molecule has 0 bridgehead atoms. The van der Waals surface area contributed by atoms with Crippen LogP contribution < -0.4 is 15.4 Å². The van der Waals surface area contributed by atoms with Gasteiger partial charge >= 0.3 is 0 Å². The van der Waals surface area contributed by atoms with E-state index in [9.17, 15) is 4.79 Å². The van der Waals surface area contributed by atoms with Crippen LogP contribution in [0.15, 0.2) is 46.8 Å². The number of aromatic nitrogens is 2. The molecule has 146 valence electrons. The third-order valence-electron chi connectivity index (χ3n) is 3.61. The van der Waals surface area contributed by atoms with Gasteiger partial charge in [0.05, 0.1) is 33.8 Å². The number of rotatable bonds is 7. The molecule has 1 aromatic heterocycles. The van der Waals surface area contributed by atoms with Crippen molar-refractivity contribution in [2.75, 3.05) is 17.7 Å². The number of methoxy groups -OCH3 is 1. The predicted molar refractivity (Wildman–Crippen MR) is 117 cm³/mol. The maximum atomic E-state index is 12.5. The van der Waals surface area contributed by atoms with Crippen LogP contribution in [0.2, 0.25) is 10.0 Å². The van der Waals surface area contributed by atoms with Crippen molar-refractivity contribution in [3.63, 3.8) is 0 Å². The van der Waals surface area contributed by atoms with E-state index in [-0.39, 0.29) is 5.91 Å². The molecule has 2 N–H and O–H groups in total. The van der Waals surface area contributed by atoms with Crippen LogP contribution in [0.25, 0.3) is 0 Å². The van der Waals surface area contributed by atoms with Crippen molar-refractivity contribution >= 4 is 68.7 Å². The van der Waals surface area contributed by atoms with Crippen molar-refractivity contribution in [2.45, 2.75) is 16.5 Å². The number of thioether (sulfide) groups is 1. The van der Waals surface area contributed by atoms with Gasteiger partial charge in [-0.2, -0.15) is 0 Å². The molecular weight excluding hydrogens is 439 g/mol. The second-order valence-corrected chi connectivity index (χ2v) is 8.92. The van der Waals surface area contributed by atoms with Crippen molar-refractivity contribution in [1.82, 2.24) is 10.2 Å². The van der Waals surface area contributed by atoms with Gasteiger partial charge in [0, 0.05) is 0 Å². The number of carbonyl (C=O) groups excluding carboxylic acids is 1. The van der Waals surface area contributed by atoms with E-state index in [1.807, 2.05) is 24.3 Å². The number of benzene rings is 2. The van der Waals surface area contributed by atoms with Gasteiger partial charge < -0.3 is 15.4 Å². The first-order chi connectivity index (χ1) is 13.5. The molecule has 0 aliphatic carbocycles. The summed E-state index contributed by atoms with van der Waals surface area (Å²) in [6.45, 7) is 1.78. The Morgan fingerprint density at radius 1 is 1.14 bits per heavy atom. The van der Waals surface area contributed by atoms with E-state index in [0.29, 0.717) is 31.0 Å². The number of carbonyl (C=O) groups is 1. The third-order valence-corrected chi connectivity index (χ3v) is 6.27. The minimum absolute atomic E-state index is 0.227. The topological polar surface area (TPSA) is 76.1 Å². The molecule has 0 fully saturated rings. The van der Waals surface area contributed by atoms with Gasteiger partial charge in [-0.25, -0.2) is 0 Å². The molecule has 10 heteroatoms. The van der Waals surface area contributed by atoms with Crippen LogP contribution in [0.1, 0.15) is 6.92 Å². The molecule has 6 nitrogen and oxygen atoms in total. The van der Waals surface area contributed by atoms with E-state index in [2.05, 4.69) is 20.8 Å². The first-order valence-electron chi connectivity index (χ1n) is 8.13. The van der Waals surface area contributed by atoms with Crippen molar-refractivity contribution in [3.05, 3.63) is 52.5 Å². The van der Waals surface area contributed by atoms with Crippen LogP contribution in [0.5, 0.6) is 5.75 Å². The van der Waals surface area contributed by atoms with Crippen molar-refractivity contribution in [2.24, 2.45) is 0 Å². The summed E-state index contributed by atoms with van der Waals surface area (Å²) in [6.07, 6.45) is 0. The number of halogens is 2. The van der Waals surface area contributed by atoms with Crippen molar-refractivity contribution < 1.29 is 9.53 Å². The number of nitrogens with zero attached hydrogens (tertiary/aromatic N) is 2. The summed E-state index contributed by atoms with van der Waals surface area (Å²) < 4.78 is 5.97. The Kier molecular flexibility index (Phi) is 7.01. The molecule has 1 amide bonds. The fourth-order valence-corrected chi connectivity index (χ4v) is 4.62. The van der Waals surface area contributed by atoms with Crippen molar-refractivity contribution in [1.29, 1.82) is 0 Å². The van der Waals surface area contributed by atoms with E-state index in [1.165, 1.54) is 23.1 Å². The Hall–Kier alpha value is -2.00. The maximum absolute atomic E-state index is 12.5. The molecule has 0 saturated carbocycles. The van der Waals surface area contributed by atoms with Gasteiger partial charge in [-0.05, 0) is 31.2 Å². The lowest BCUT2D eigenvalue weighted by Crippen LogP contribution is -2.22. The number of hydrogen-bond donors (Lipinski definition) is 2. The molecule has 0 aliphatic heterocycles. The molecular formula is C18H16Cl2N4O2S2. The highest BCUT2D eigenvalue weighted by molar-refractivity contribution is 8.02. The molecule has 1 atom stereocenters. The standard InChI is InChI=1S/C18H16Cl2N4O2S2/c1-10(16(25)22-15-11(19)6-5-7-12(15)20)27-18-24-23-17(28-18)21-13-8-3-4-9-14(13)26-2/h3-10H,1-2H3,(H,21,23)(H,22,25). The number of ether oxygens (including phenoxy) is 1. The molecule has 3 aromatic rings. The van der Waals surface area contributed by atoms with E-state index >= 15 is 0 Å². The quantitative estimate of drug-likeness (QED) is 0.444. The van der Waals surface area contributed by atoms with Gasteiger partial charge in [0.1, 0.15) is 5.75 Å². The highest BCUT2D eigenvalue weighted by Crippen LogP contribution is 2.34. The Bertz CT molecular complexity index is 963. The van der Waals surface area contributed by atoms with Gasteiger partial charge in [0.2, 0.25) is 11.0 Å². The monoisotopic (exact) mass is 454 g/mol. The lowest BCUT2D eigenvalue weighted by Gasteiger charge is -2.12. The average molecular weight is 455 g/mol. The summed E-state index contributed by atoms with van der Waals surface area (Å²) in [5.41, 5.74) is 1.19. The number of anilines is 3. The highest BCUT2D eigenvalue weighted by Gasteiger charge is 2.19. The van der Waals surface area contributed by atoms with Gasteiger partial charge in [0.15, 0.2) is 4.34 Å². The summed E-state index contributed by atoms with van der Waals surface area (Å²) in [5.74, 6) is 0.478. The molecule has 2 aromatic carbocycles. The fourth-order valence-electron chi connectivity index (χ4n) is 2.22. The smallest absolute Gasteiger partial charge is 0.237 e. The summed E-state index contributed by atoms with van der Waals surface area (Å²) in [6, 6.07) is 12.6. The number of para-hydroxylation sites is 3. The first-order valence-corrected chi connectivity index (χ1v) is 10.6. The van der Waals surface area contributed by atoms with Crippen LogP contribution >= 0.6 is 46.3 Å². The van der Waals surface area contributed by atoms with Gasteiger partial charge in [-0.15, -0.1) is 10.2 Å². The molecule has 0 saturated heterocycles. The second kappa shape index (κ2) is 9.47.